The summed E-state index contributed by atoms with van der Waals surface area (Å²) >= 11 is 0. The van der Waals surface area contributed by atoms with Crippen molar-refractivity contribution < 1.29 is 17.9 Å². The van der Waals surface area contributed by atoms with Crippen LogP contribution in [-0.4, -0.2) is 48.5 Å². The van der Waals surface area contributed by atoms with Gasteiger partial charge < -0.3 is 9.47 Å². The fourth-order valence-corrected chi connectivity index (χ4v) is 5.04. The number of hydrogen-bond acceptors (Lipinski definition) is 6. The van der Waals surface area contributed by atoms with E-state index in [4.69, 9.17) is 9.47 Å². The summed E-state index contributed by atoms with van der Waals surface area (Å²) in [5.74, 6) is 0.853. The number of aromatic nitrogens is 2. The Hall–Kier alpha value is -2.71. The minimum Gasteiger partial charge on any atom is -0.492 e. The highest BCUT2D eigenvalue weighted by Crippen LogP contribution is 2.29. The number of piperidine rings is 1. The summed E-state index contributed by atoms with van der Waals surface area (Å²) in [6, 6.07) is 14.4. The van der Waals surface area contributed by atoms with Gasteiger partial charge >= 0.3 is 0 Å². The van der Waals surface area contributed by atoms with Crippen LogP contribution in [0.15, 0.2) is 59.6 Å². The molecule has 0 amide bonds. The fraction of sp³-hybridized carbons (Fsp3) is 0.333. The van der Waals surface area contributed by atoms with Crippen molar-refractivity contribution in [3.63, 3.8) is 0 Å². The number of nitrogens with zero attached hydrogens (tertiary/aromatic N) is 3. The average Bonchev–Trinajstić information content (AvgIpc) is 2.75. The molecular formula is C21H23N3O4S. The van der Waals surface area contributed by atoms with Crippen molar-refractivity contribution in [3.8, 4) is 11.6 Å². The highest BCUT2D eigenvalue weighted by molar-refractivity contribution is 7.89. The molecule has 1 aromatic heterocycles. The van der Waals surface area contributed by atoms with Crippen molar-refractivity contribution in [1.82, 2.24) is 14.3 Å². The van der Waals surface area contributed by atoms with E-state index in [9.17, 15) is 8.42 Å². The molecule has 2 aromatic carbocycles. The summed E-state index contributed by atoms with van der Waals surface area (Å²) in [5.41, 5.74) is 1.59. The Balaban J connectivity index is 1.43. The summed E-state index contributed by atoms with van der Waals surface area (Å²) in [5, 5.41) is 0. The van der Waals surface area contributed by atoms with Gasteiger partial charge in [-0.3, -0.25) is 0 Å². The molecule has 0 aliphatic carbocycles. The molecule has 152 valence electrons. The topological polar surface area (TPSA) is 81.6 Å². The predicted molar refractivity (Wildman–Crippen MR) is 110 cm³/mol. The molecule has 0 atom stereocenters. The third-order valence-corrected chi connectivity index (χ3v) is 6.82. The van der Waals surface area contributed by atoms with Gasteiger partial charge in [0.2, 0.25) is 15.9 Å². The van der Waals surface area contributed by atoms with Crippen LogP contribution in [-0.2, 0) is 10.0 Å². The van der Waals surface area contributed by atoms with Gasteiger partial charge in [0.1, 0.15) is 16.7 Å². The lowest BCUT2D eigenvalue weighted by Gasteiger charge is -2.31. The van der Waals surface area contributed by atoms with E-state index < -0.39 is 10.0 Å². The molecule has 3 aromatic rings. The van der Waals surface area contributed by atoms with Gasteiger partial charge in [-0.1, -0.05) is 24.3 Å². The molecule has 1 fully saturated rings. The van der Waals surface area contributed by atoms with Crippen LogP contribution < -0.4 is 9.47 Å². The maximum atomic E-state index is 13.1. The number of sulfonamides is 1. The monoisotopic (exact) mass is 413 g/mol. The second kappa shape index (κ2) is 8.34. The second-order valence-electron chi connectivity index (χ2n) is 6.80. The maximum absolute atomic E-state index is 13.1. The lowest BCUT2D eigenvalue weighted by molar-refractivity contribution is 0.130. The zero-order valence-corrected chi connectivity index (χ0v) is 17.0. The lowest BCUT2D eigenvalue weighted by atomic mass is 10.1. The Morgan fingerprint density at radius 3 is 2.48 bits per heavy atom. The Morgan fingerprint density at radius 2 is 1.72 bits per heavy atom. The Labute approximate surface area is 170 Å². The molecule has 1 saturated heterocycles. The summed E-state index contributed by atoms with van der Waals surface area (Å²) in [7, 11) is -3.62. The smallest absolute Gasteiger partial charge is 0.246 e. The number of benzene rings is 2. The molecule has 1 aliphatic rings. The molecule has 0 spiro atoms. The number of ether oxygens (including phenoxy) is 2. The van der Waals surface area contributed by atoms with Crippen molar-refractivity contribution >= 4 is 21.1 Å². The van der Waals surface area contributed by atoms with Crippen molar-refractivity contribution in [2.24, 2.45) is 0 Å². The van der Waals surface area contributed by atoms with Gasteiger partial charge in [0, 0.05) is 13.1 Å². The average molecular weight is 413 g/mol. The summed E-state index contributed by atoms with van der Waals surface area (Å²) in [4.78, 5) is 9.05. The lowest BCUT2D eigenvalue weighted by Crippen LogP contribution is -2.41. The zero-order valence-electron chi connectivity index (χ0n) is 16.2. The molecule has 0 saturated carbocycles. The van der Waals surface area contributed by atoms with Gasteiger partial charge in [-0.2, -0.15) is 4.31 Å². The third-order valence-electron chi connectivity index (χ3n) is 4.88. The van der Waals surface area contributed by atoms with E-state index in [1.165, 1.54) is 4.31 Å². The minimum atomic E-state index is -3.62. The normalized spacial score (nSPS) is 16.0. The van der Waals surface area contributed by atoms with E-state index in [1.807, 2.05) is 31.2 Å². The van der Waals surface area contributed by atoms with Crippen molar-refractivity contribution in [2.45, 2.75) is 30.8 Å². The molecule has 0 radical (unpaired) electrons. The number of fused-ring (bicyclic) bond motifs is 1. The van der Waals surface area contributed by atoms with Gasteiger partial charge in [-0.25, -0.2) is 18.4 Å². The molecule has 1 aliphatic heterocycles. The Morgan fingerprint density at radius 1 is 1.03 bits per heavy atom. The van der Waals surface area contributed by atoms with Gasteiger partial charge in [-0.15, -0.1) is 0 Å². The first kappa shape index (κ1) is 19.6. The Kier molecular flexibility index (Phi) is 5.64. The first-order valence-electron chi connectivity index (χ1n) is 9.68. The van der Waals surface area contributed by atoms with E-state index in [0.717, 1.165) is 11.0 Å². The van der Waals surface area contributed by atoms with Crippen LogP contribution >= 0.6 is 0 Å². The maximum Gasteiger partial charge on any atom is 0.246 e. The van der Waals surface area contributed by atoms with Gasteiger partial charge in [-0.05, 0) is 44.0 Å². The van der Waals surface area contributed by atoms with E-state index in [-0.39, 0.29) is 11.0 Å². The Bertz CT molecular complexity index is 1100. The number of para-hydroxylation sites is 3. The van der Waals surface area contributed by atoms with E-state index in [0.29, 0.717) is 44.2 Å². The van der Waals surface area contributed by atoms with Gasteiger partial charge in [0.25, 0.3) is 0 Å². The first-order chi connectivity index (χ1) is 14.1. The molecule has 29 heavy (non-hydrogen) atoms. The standard InChI is InChI=1S/C21H23N3O4S/c1-2-27-19-9-5-6-10-20(19)29(25,26)24-13-11-16(12-14-24)28-21-15-22-17-7-3-4-8-18(17)23-21/h3-10,15-16H,2,11-14H2,1H3. The molecule has 0 bridgehead atoms. The largest absolute Gasteiger partial charge is 0.492 e. The second-order valence-corrected chi connectivity index (χ2v) is 8.70. The quantitative estimate of drug-likeness (QED) is 0.617. The highest BCUT2D eigenvalue weighted by Gasteiger charge is 2.32. The molecule has 2 heterocycles. The first-order valence-corrected chi connectivity index (χ1v) is 11.1. The predicted octanol–water partition coefficient (Wildman–Crippen LogP) is 3.26. The minimum absolute atomic E-state index is 0.0981. The summed E-state index contributed by atoms with van der Waals surface area (Å²) in [6.07, 6.45) is 2.69. The molecule has 4 rings (SSSR count). The van der Waals surface area contributed by atoms with Crippen LogP contribution in [0.5, 0.6) is 11.6 Å². The van der Waals surface area contributed by atoms with E-state index in [2.05, 4.69) is 9.97 Å². The van der Waals surface area contributed by atoms with Crippen LogP contribution in [0.25, 0.3) is 11.0 Å². The molecular weight excluding hydrogens is 390 g/mol. The summed E-state index contributed by atoms with van der Waals surface area (Å²) < 4.78 is 39.1. The van der Waals surface area contributed by atoms with Crippen LogP contribution in [0.1, 0.15) is 19.8 Å². The van der Waals surface area contributed by atoms with Crippen molar-refractivity contribution in [3.05, 3.63) is 54.7 Å². The van der Waals surface area contributed by atoms with Gasteiger partial charge in [0.05, 0.1) is 23.8 Å². The summed E-state index contributed by atoms with van der Waals surface area (Å²) in [6.45, 7) is 3.01. The van der Waals surface area contributed by atoms with Crippen molar-refractivity contribution in [1.29, 1.82) is 0 Å². The molecule has 7 nitrogen and oxygen atoms in total. The molecule has 0 unspecified atom stereocenters. The van der Waals surface area contributed by atoms with E-state index >= 15 is 0 Å². The van der Waals surface area contributed by atoms with E-state index in [1.54, 1.807) is 30.5 Å². The van der Waals surface area contributed by atoms with Crippen LogP contribution in [0.3, 0.4) is 0 Å². The van der Waals surface area contributed by atoms with Crippen LogP contribution in [0.2, 0.25) is 0 Å². The van der Waals surface area contributed by atoms with Gasteiger partial charge in [0.15, 0.2) is 0 Å². The zero-order chi connectivity index (χ0) is 20.3. The fourth-order valence-electron chi connectivity index (χ4n) is 3.44. The van der Waals surface area contributed by atoms with Crippen LogP contribution in [0, 0.1) is 0 Å². The SMILES string of the molecule is CCOc1ccccc1S(=O)(=O)N1CCC(Oc2cnc3ccccc3n2)CC1. The molecule has 8 heteroatoms. The highest BCUT2D eigenvalue weighted by atomic mass is 32.2. The number of rotatable bonds is 6. The van der Waals surface area contributed by atoms with Crippen molar-refractivity contribution in [2.75, 3.05) is 19.7 Å². The molecule has 0 N–H and O–H groups in total. The number of hydrogen-bond donors (Lipinski definition) is 0. The van der Waals surface area contributed by atoms with Crippen LogP contribution in [0.4, 0.5) is 0 Å². The third kappa shape index (κ3) is 4.18.